The molecule has 0 spiro atoms. The number of hydrogen-bond donors (Lipinski definition) is 0. The normalized spacial score (nSPS) is 10.5. The Morgan fingerprint density at radius 2 is 2.10 bits per heavy atom. The van der Waals surface area contributed by atoms with Gasteiger partial charge in [0.2, 0.25) is 0 Å². The molecule has 0 aliphatic rings. The number of aromatic nitrogens is 1. The third-order valence-corrected chi connectivity index (χ3v) is 2.99. The summed E-state index contributed by atoms with van der Waals surface area (Å²) in [5.74, 6) is 0. The molecule has 10 heavy (non-hydrogen) atoms. The smallest absolute Gasteiger partial charge is 0.155 e. The average molecular weight is 261 g/mol. The van der Waals surface area contributed by atoms with Crippen molar-refractivity contribution >= 4 is 44.1 Å². The van der Waals surface area contributed by atoms with Gasteiger partial charge in [0.05, 0.1) is 10.2 Å². The van der Waals surface area contributed by atoms with Crippen LogP contribution in [0.4, 0.5) is 0 Å². The molecular formula is C7H4INS. The van der Waals surface area contributed by atoms with E-state index in [4.69, 9.17) is 0 Å². The minimum absolute atomic E-state index is 1.11. The lowest BCUT2D eigenvalue weighted by atomic mass is 10.3. The van der Waals surface area contributed by atoms with Gasteiger partial charge in [0.1, 0.15) is 0 Å². The number of benzene rings is 1. The molecule has 0 N–H and O–H groups in total. The highest BCUT2D eigenvalue weighted by atomic mass is 127. The summed E-state index contributed by atoms with van der Waals surface area (Å²) in [4.78, 5) is 4.32. The van der Waals surface area contributed by atoms with Gasteiger partial charge in [0, 0.05) is 0 Å². The highest BCUT2D eigenvalue weighted by molar-refractivity contribution is 14.1. The molecule has 0 unspecified atom stereocenters. The molecule has 0 radical (unpaired) electrons. The van der Waals surface area contributed by atoms with E-state index in [1.54, 1.807) is 11.3 Å². The summed E-state index contributed by atoms with van der Waals surface area (Å²) in [6.45, 7) is 0. The van der Waals surface area contributed by atoms with Crippen LogP contribution in [-0.2, 0) is 0 Å². The highest BCUT2D eigenvalue weighted by Crippen LogP contribution is 2.21. The van der Waals surface area contributed by atoms with Gasteiger partial charge in [0.15, 0.2) is 3.01 Å². The summed E-state index contributed by atoms with van der Waals surface area (Å²) in [5, 5.41) is 0. The molecule has 1 aromatic carbocycles. The van der Waals surface area contributed by atoms with Crippen molar-refractivity contribution in [1.29, 1.82) is 0 Å². The fourth-order valence-electron chi connectivity index (χ4n) is 0.844. The number of fused-ring (bicyclic) bond motifs is 1. The molecule has 50 valence electrons. The predicted molar refractivity (Wildman–Crippen MR) is 52.3 cm³/mol. The van der Waals surface area contributed by atoms with E-state index in [0.29, 0.717) is 0 Å². The average Bonchev–Trinajstić information content (AvgIpc) is 2.27. The molecule has 0 aliphatic heterocycles. The quantitative estimate of drug-likeness (QED) is 0.664. The predicted octanol–water partition coefficient (Wildman–Crippen LogP) is 2.90. The van der Waals surface area contributed by atoms with Crippen molar-refractivity contribution in [2.75, 3.05) is 0 Å². The maximum Gasteiger partial charge on any atom is 0.155 e. The zero-order chi connectivity index (χ0) is 6.97. The van der Waals surface area contributed by atoms with E-state index in [1.807, 2.05) is 18.2 Å². The number of para-hydroxylation sites is 1. The minimum Gasteiger partial charge on any atom is -0.230 e. The van der Waals surface area contributed by atoms with Crippen molar-refractivity contribution in [3.8, 4) is 0 Å². The Balaban J connectivity index is 2.88. The molecule has 0 aliphatic carbocycles. The van der Waals surface area contributed by atoms with Crippen molar-refractivity contribution in [2.45, 2.75) is 0 Å². The Morgan fingerprint density at radius 3 is 2.90 bits per heavy atom. The van der Waals surface area contributed by atoms with Crippen LogP contribution in [0, 0.1) is 3.01 Å². The molecule has 0 saturated heterocycles. The lowest BCUT2D eigenvalue weighted by molar-refractivity contribution is 1.45. The molecule has 0 bridgehead atoms. The SMILES string of the molecule is Ic1nc2ccccc2s1. The summed E-state index contributed by atoms with van der Waals surface area (Å²) < 4.78 is 2.38. The van der Waals surface area contributed by atoms with Crippen LogP contribution in [0.2, 0.25) is 0 Å². The Morgan fingerprint density at radius 1 is 1.30 bits per heavy atom. The molecule has 2 aromatic rings. The van der Waals surface area contributed by atoms with E-state index in [1.165, 1.54) is 4.70 Å². The Labute approximate surface area is 76.2 Å². The van der Waals surface area contributed by atoms with Crippen LogP contribution in [-0.4, -0.2) is 4.98 Å². The van der Waals surface area contributed by atoms with Crippen molar-refractivity contribution in [3.63, 3.8) is 0 Å². The van der Waals surface area contributed by atoms with Crippen LogP contribution in [0.3, 0.4) is 0 Å². The van der Waals surface area contributed by atoms with Gasteiger partial charge in [-0.1, -0.05) is 12.1 Å². The number of halogens is 1. The maximum absolute atomic E-state index is 4.32. The fraction of sp³-hybridized carbons (Fsp3) is 0. The first-order valence-corrected chi connectivity index (χ1v) is 4.77. The third kappa shape index (κ3) is 1.03. The topological polar surface area (TPSA) is 12.9 Å². The summed E-state index contributed by atoms with van der Waals surface area (Å²) in [5.41, 5.74) is 1.11. The van der Waals surface area contributed by atoms with Crippen molar-refractivity contribution in [3.05, 3.63) is 27.3 Å². The largest absolute Gasteiger partial charge is 0.230 e. The van der Waals surface area contributed by atoms with Crippen LogP contribution in [0.15, 0.2) is 24.3 Å². The Hall–Kier alpha value is -0.160. The van der Waals surface area contributed by atoms with Gasteiger partial charge in [-0.2, -0.15) is 0 Å². The molecule has 1 heterocycles. The molecule has 0 fully saturated rings. The summed E-state index contributed by atoms with van der Waals surface area (Å²) in [7, 11) is 0. The number of nitrogens with zero attached hydrogens (tertiary/aromatic N) is 1. The van der Waals surface area contributed by atoms with E-state index in [-0.39, 0.29) is 0 Å². The molecule has 0 saturated carbocycles. The Kier molecular flexibility index (Phi) is 1.61. The standard InChI is InChI=1S/C7H4INS/c8-7-9-5-3-1-2-4-6(5)10-7/h1-4H. The second kappa shape index (κ2) is 2.47. The zero-order valence-corrected chi connectivity index (χ0v) is 8.02. The van der Waals surface area contributed by atoms with E-state index >= 15 is 0 Å². The third-order valence-electron chi connectivity index (χ3n) is 1.27. The van der Waals surface area contributed by atoms with Crippen LogP contribution in [0.1, 0.15) is 0 Å². The minimum atomic E-state index is 1.11. The van der Waals surface area contributed by atoms with E-state index < -0.39 is 0 Å². The molecule has 2 rings (SSSR count). The lowest BCUT2D eigenvalue weighted by Gasteiger charge is -1.80. The first kappa shape index (κ1) is 6.54. The van der Waals surface area contributed by atoms with E-state index in [0.717, 1.165) is 8.53 Å². The van der Waals surface area contributed by atoms with Gasteiger partial charge in [-0.15, -0.1) is 11.3 Å². The molecule has 0 amide bonds. The van der Waals surface area contributed by atoms with Gasteiger partial charge in [0.25, 0.3) is 0 Å². The van der Waals surface area contributed by atoms with Crippen molar-refractivity contribution in [2.24, 2.45) is 0 Å². The van der Waals surface area contributed by atoms with Gasteiger partial charge >= 0.3 is 0 Å². The Bertz CT molecular complexity index is 322. The second-order valence-electron chi connectivity index (χ2n) is 1.93. The van der Waals surface area contributed by atoms with Crippen LogP contribution in [0.25, 0.3) is 10.2 Å². The number of hydrogen-bond acceptors (Lipinski definition) is 2. The molecule has 3 heteroatoms. The zero-order valence-electron chi connectivity index (χ0n) is 5.04. The monoisotopic (exact) mass is 261 g/mol. The van der Waals surface area contributed by atoms with E-state index in [2.05, 4.69) is 33.6 Å². The van der Waals surface area contributed by atoms with Crippen LogP contribution < -0.4 is 0 Å². The molecule has 1 aromatic heterocycles. The molecule has 1 nitrogen and oxygen atoms in total. The van der Waals surface area contributed by atoms with Gasteiger partial charge in [-0.25, -0.2) is 4.98 Å². The first-order chi connectivity index (χ1) is 4.86. The summed E-state index contributed by atoms with van der Waals surface area (Å²) in [6.07, 6.45) is 0. The lowest BCUT2D eigenvalue weighted by Crippen LogP contribution is -1.64. The van der Waals surface area contributed by atoms with Gasteiger partial charge in [-0.05, 0) is 34.7 Å². The van der Waals surface area contributed by atoms with Gasteiger partial charge < -0.3 is 0 Å². The summed E-state index contributed by atoms with van der Waals surface area (Å²) >= 11 is 3.97. The van der Waals surface area contributed by atoms with Crippen molar-refractivity contribution in [1.82, 2.24) is 4.98 Å². The fourth-order valence-corrected chi connectivity index (χ4v) is 2.51. The molecule has 0 atom stereocenters. The number of thiazole rings is 1. The first-order valence-electron chi connectivity index (χ1n) is 2.87. The van der Waals surface area contributed by atoms with Crippen LogP contribution in [0.5, 0.6) is 0 Å². The molecular weight excluding hydrogens is 257 g/mol. The summed E-state index contributed by atoms with van der Waals surface area (Å²) in [6, 6.07) is 8.18. The second-order valence-corrected chi connectivity index (χ2v) is 4.72. The van der Waals surface area contributed by atoms with E-state index in [9.17, 15) is 0 Å². The van der Waals surface area contributed by atoms with Crippen molar-refractivity contribution < 1.29 is 0 Å². The van der Waals surface area contributed by atoms with Crippen LogP contribution >= 0.6 is 33.9 Å². The van der Waals surface area contributed by atoms with Gasteiger partial charge in [-0.3, -0.25) is 0 Å². The maximum atomic E-state index is 4.32. The number of rotatable bonds is 0. The highest BCUT2D eigenvalue weighted by Gasteiger charge is 1.96.